The molecule has 5 nitrogen and oxygen atoms in total. The van der Waals surface area contributed by atoms with Crippen molar-refractivity contribution >= 4 is 11.6 Å². The summed E-state index contributed by atoms with van der Waals surface area (Å²) in [6, 6.07) is 29.7. The van der Waals surface area contributed by atoms with Crippen LogP contribution in [0.5, 0.6) is 0 Å². The first kappa shape index (κ1) is 22.5. The number of anilines is 1. The fourth-order valence-corrected chi connectivity index (χ4v) is 3.77. The van der Waals surface area contributed by atoms with E-state index in [1.807, 2.05) is 105 Å². The molecule has 0 radical (unpaired) electrons. The van der Waals surface area contributed by atoms with Gasteiger partial charge >= 0.3 is 0 Å². The third-order valence-corrected chi connectivity index (χ3v) is 5.87. The van der Waals surface area contributed by atoms with E-state index in [4.69, 9.17) is 4.52 Å². The summed E-state index contributed by atoms with van der Waals surface area (Å²) in [4.78, 5) is 15.0. The van der Waals surface area contributed by atoms with Crippen molar-refractivity contribution in [1.29, 1.82) is 0 Å². The quantitative estimate of drug-likeness (QED) is 0.353. The summed E-state index contributed by atoms with van der Waals surface area (Å²) in [6.07, 6.45) is 1.65. The number of carbonyl (C=O) groups excluding carboxylic acids is 1. The lowest BCUT2D eigenvalue weighted by atomic mass is 10.0. The lowest BCUT2D eigenvalue weighted by molar-refractivity contribution is -0.120. The van der Waals surface area contributed by atoms with Crippen LogP contribution in [-0.4, -0.2) is 35.6 Å². The van der Waals surface area contributed by atoms with Gasteiger partial charge in [-0.15, -0.1) is 0 Å². The van der Waals surface area contributed by atoms with Gasteiger partial charge in [-0.3, -0.25) is 9.69 Å². The second kappa shape index (κ2) is 10.7. The zero-order valence-corrected chi connectivity index (χ0v) is 19.1. The largest absolute Gasteiger partial charge is 0.361 e. The Bertz CT molecular complexity index is 1170. The Morgan fingerprint density at radius 1 is 0.939 bits per heavy atom. The van der Waals surface area contributed by atoms with Crippen LogP contribution < -0.4 is 5.32 Å². The molecule has 0 aliphatic heterocycles. The summed E-state index contributed by atoms with van der Waals surface area (Å²) in [5, 5.41) is 7.29. The van der Waals surface area contributed by atoms with Gasteiger partial charge in [-0.2, -0.15) is 0 Å². The molecule has 4 aromatic rings. The van der Waals surface area contributed by atoms with Gasteiger partial charge in [0, 0.05) is 29.3 Å². The second-order valence-corrected chi connectivity index (χ2v) is 8.21. The van der Waals surface area contributed by atoms with Crippen molar-refractivity contribution in [2.24, 2.45) is 0 Å². The van der Waals surface area contributed by atoms with Crippen LogP contribution in [0.15, 0.2) is 95.5 Å². The van der Waals surface area contributed by atoms with Gasteiger partial charge < -0.3 is 9.84 Å². The monoisotopic (exact) mass is 439 g/mol. The number of benzene rings is 3. The highest BCUT2D eigenvalue weighted by molar-refractivity contribution is 5.98. The number of amides is 1. The molecule has 4 rings (SSSR count). The van der Waals surface area contributed by atoms with Crippen LogP contribution in [0.25, 0.3) is 22.4 Å². The molecule has 1 amide bonds. The number of hydrogen-bond donors (Lipinski definition) is 1. The topological polar surface area (TPSA) is 58.4 Å². The van der Waals surface area contributed by atoms with Crippen molar-refractivity contribution in [2.75, 3.05) is 18.9 Å². The summed E-state index contributed by atoms with van der Waals surface area (Å²) < 4.78 is 5.50. The number of nitrogens with one attached hydrogen (secondary N) is 1. The fourth-order valence-electron chi connectivity index (χ4n) is 3.77. The molecule has 1 unspecified atom stereocenters. The first-order valence-electron chi connectivity index (χ1n) is 11.3. The van der Waals surface area contributed by atoms with Gasteiger partial charge in [0.1, 0.15) is 11.5 Å². The maximum absolute atomic E-state index is 12.9. The Morgan fingerprint density at radius 3 is 2.30 bits per heavy atom. The number of nitrogens with zero attached hydrogens (tertiary/aromatic N) is 2. The minimum absolute atomic E-state index is 0.0214. The summed E-state index contributed by atoms with van der Waals surface area (Å²) in [5.41, 5.74) is 4.82. The molecule has 0 aliphatic carbocycles. The van der Waals surface area contributed by atoms with Crippen LogP contribution in [0, 0.1) is 0 Å². The Balaban J connectivity index is 1.31. The van der Waals surface area contributed by atoms with Crippen molar-refractivity contribution in [1.82, 2.24) is 10.1 Å². The Labute approximate surface area is 195 Å². The van der Waals surface area contributed by atoms with E-state index in [2.05, 4.69) is 15.4 Å². The summed E-state index contributed by atoms with van der Waals surface area (Å²) in [7, 11) is 1.98. The zero-order chi connectivity index (χ0) is 23.0. The summed E-state index contributed by atoms with van der Waals surface area (Å²) in [6.45, 7) is 2.71. The van der Waals surface area contributed by atoms with E-state index in [1.165, 1.54) is 0 Å². The number of rotatable bonds is 9. The maximum atomic E-state index is 12.9. The minimum atomic E-state index is -0.261. The van der Waals surface area contributed by atoms with Crippen molar-refractivity contribution in [2.45, 2.75) is 25.8 Å². The Kier molecular flexibility index (Phi) is 7.33. The van der Waals surface area contributed by atoms with E-state index in [1.54, 1.807) is 0 Å². The van der Waals surface area contributed by atoms with Gasteiger partial charge in [0.2, 0.25) is 5.91 Å². The van der Waals surface area contributed by atoms with Crippen molar-refractivity contribution in [3.05, 3.63) is 96.8 Å². The molecule has 1 N–H and O–H groups in total. The van der Waals surface area contributed by atoms with Crippen molar-refractivity contribution in [3.8, 4) is 22.4 Å². The van der Waals surface area contributed by atoms with Crippen molar-refractivity contribution in [3.63, 3.8) is 0 Å². The first-order chi connectivity index (χ1) is 16.1. The van der Waals surface area contributed by atoms with E-state index in [0.29, 0.717) is 0 Å². The molecular formula is C28H29N3O2. The van der Waals surface area contributed by atoms with Gasteiger partial charge in [0.25, 0.3) is 0 Å². The van der Waals surface area contributed by atoms with Crippen LogP contribution in [0.1, 0.15) is 19.1 Å². The van der Waals surface area contributed by atoms with Crippen LogP contribution in [-0.2, 0) is 11.2 Å². The smallest absolute Gasteiger partial charge is 0.241 e. The normalized spacial score (nSPS) is 12.0. The highest BCUT2D eigenvalue weighted by Gasteiger charge is 2.19. The zero-order valence-electron chi connectivity index (χ0n) is 19.1. The van der Waals surface area contributed by atoms with Crippen LogP contribution >= 0.6 is 0 Å². The van der Waals surface area contributed by atoms with Crippen LogP contribution in [0.4, 0.5) is 5.69 Å². The SMILES string of the molecule is CC(C(=O)Nc1ccccc1-c1ccccc1)N(C)CCCc1cc(-c2ccccc2)no1. The molecule has 0 saturated carbocycles. The van der Waals surface area contributed by atoms with E-state index in [9.17, 15) is 4.79 Å². The molecule has 1 heterocycles. The van der Waals surface area contributed by atoms with Crippen molar-refractivity contribution < 1.29 is 9.32 Å². The van der Waals surface area contributed by atoms with Gasteiger partial charge in [-0.25, -0.2) is 0 Å². The molecule has 0 bridgehead atoms. The number of hydrogen-bond acceptors (Lipinski definition) is 4. The van der Waals surface area contributed by atoms with Crippen LogP contribution in [0.2, 0.25) is 0 Å². The molecule has 33 heavy (non-hydrogen) atoms. The second-order valence-electron chi connectivity index (χ2n) is 8.21. The third kappa shape index (κ3) is 5.76. The summed E-state index contributed by atoms with van der Waals surface area (Å²) >= 11 is 0. The van der Waals surface area contributed by atoms with Gasteiger partial charge in [-0.1, -0.05) is 84.0 Å². The van der Waals surface area contributed by atoms with E-state index >= 15 is 0 Å². The van der Waals surface area contributed by atoms with E-state index in [-0.39, 0.29) is 11.9 Å². The molecule has 1 atom stereocenters. The van der Waals surface area contributed by atoms with Gasteiger partial charge in [0.05, 0.1) is 6.04 Å². The molecule has 0 aliphatic rings. The maximum Gasteiger partial charge on any atom is 0.241 e. The molecule has 0 spiro atoms. The molecule has 168 valence electrons. The molecule has 0 saturated heterocycles. The highest BCUT2D eigenvalue weighted by Crippen LogP contribution is 2.27. The number of aryl methyl sites for hydroxylation is 1. The molecule has 1 aromatic heterocycles. The molecule has 3 aromatic carbocycles. The third-order valence-electron chi connectivity index (χ3n) is 5.87. The standard InChI is InChI=1S/C28H29N3O2/c1-21(28(32)29-26-18-10-9-17-25(26)22-12-5-3-6-13-22)31(2)19-11-16-24-20-27(30-33-24)23-14-7-4-8-15-23/h3-10,12-15,17-18,20-21H,11,16,19H2,1-2H3,(H,29,32). The fraction of sp³-hybridized carbons (Fsp3) is 0.214. The van der Waals surface area contributed by atoms with Gasteiger partial charge in [-0.05, 0) is 38.6 Å². The average molecular weight is 440 g/mol. The number of likely N-dealkylation sites (N-methyl/N-ethyl adjacent to an activating group) is 1. The van der Waals surface area contributed by atoms with Crippen LogP contribution in [0.3, 0.4) is 0 Å². The highest BCUT2D eigenvalue weighted by atomic mass is 16.5. The number of para-hydroxylation sites is 1. The van der Waals surface area contributed by atoms with E-state index in [0.717, 1.165) is 53.2 Å². The number of carbonyl (C=O) groups is 1. The Hall–Kier alpha value is -3.70. The average Bonchev–Trinajstić information content (AvgIpc) is 3.34. The first-order valence-corrected chi connectivity index (χ1v) is 11.3. The lowest BCUT2D eigenvalue weighted by Gasteiger charge is -2.24. The molecule has 5 heteroatoms. The number of aromatic nitrogens is 1. The van der Waals surface area contributed by atoms with Gasteiger partial charge in [0.15, 0.2) is 0 Å². The lowest BCUT2D eigenvalue weighted by Crippen LogP contribution is -2.40. The predicted octanol–water partition coefficient (Wildman–Crippen LogP) is 5.90. The Morgan fingerprint density at radius 2 is 1.58 bits per heavy atom. The molecule has 0 fully saturated rings. The minimum Gasteiger partial charge on any atom is -0.361 e. The molecular weight excluding hydrogens is 410 g/mol. The van der Waals surface area contributed by atoms with E-state index < -0.39 is 0 Å². The predicted molar refractivity (Wildman–Crippen MR) is 133 cm³/mol. The summed E-state index contributed by atoms with van der Waals surface area (Å²) in [5.74, 6) is 0.836.